The lowest BCUT2D eigenvalue weighted by Crippen LogP contribution is -2.42. The SMILES string of the molecule is COc1cc(C)c(C)cc1S(=O)(=O)N1CCC(C(=O)NCc2ccco2)CC1. The molecule has 28 heavy (non-hydrogen) atoms. The molecule has 152 valence electrons. The minimum absolute atomic E-state index is 0.0720. The van der Waals surface area contributed by atoms with Crippen LogP contribution in [-0.4, -0.2) is 38.8 Å². The maximum atomic E-state index is 13.1. The second-order valence-electron chi connectivity index (χ2n) is 7.06. The number of sulfonamides is 1. The number of nitrogens with zero attached hydrogens (tertiary/aromatic N) is 1. The zero-order valence-corrected chi connectivity index (χ0v) is 17.2. The number of hydrogen-bond donors (Lipinski definition) is 1. The molecule has 1 N–H and O–H groups in total. The molecule has 0 atom stereocenters. The molecule has 1 aromatic heterocycles. The minimum Gasteiger partial charge on any atom is -0.495 e. The van der Waals surface area contributed by atoms with Crippen molar-refractivity contribution >= 4 is 15.9 Å². The van der Waals surface area contributed by atoms with Crippen LogP contribution >= 0.6 is 0 Å². The van der Waals surface area contributed by atoms with Crippen molar-refractivity contribution in [1.82, 2.24) is 9.62 Å². The Hall–Kier alpha value is -2.32. The predicted molar refractivity (Wildman–Crippen MR) is 105 cm³/mol. The van der Waals surface area contributed by atoms with E-state index >= 15 is 0 Å². The first-order chi connectivity index (χ1) is 13.3. The number of methoxy groups -OCH3 is 1. The number of piperidine rings is 1. The highest BCUT2D eigenvalue weighted by atomic mass is 32.2. The van der Waals surface area contributed by atoms with E-state index in [0.29, 0.717) is 44.0 Å². The van der Waals surface area contributed by atoms with E-state index in [0.717, 1.165) is 11.1 Å². The third-order valence-electron chi connectivity index (χ3n) is 5.24. The normalized spacial score (nSPS) is 16.1. The van der Waals surface area contributed by atoms with Gasteiger partial charge in [0.25, 0.3) is 0 Å². The Morgan fingerprint density at radius 3 is 2.54 bits per heavy atom. The number of furan rings is 1. The van der Waals surface area contributed by atoms with E-state index in [1.165, 1.54) is 11.4 Å². The van der Waals surface area contributed by atoms with Crippen LogP contribution < -0.4 is 10.1 Å². The molecular weight excluding hydrogens is 380 g/mol. The fraction of sp³-hybridized carbons (Fsp3) is 0.450. The summed E-state index contributed by atoms with van der Waals surface area (Å²) in [6.07, 6.45) is 2.53. The van der Waals surface area contributed by atoms with Crippen molar-refractivity contribution in [3.63, 3.8) is 0 Å². The first kappa shape index (κ1) is 20.4. The average Bonchev–Trinajstić information content (AvgIpc) is 3.21. The average molecular weight is 407 g/mol. The van der Waals surface area contributed by atoms with Crippen LogP contribution in [0.15, 0.2) is 39.8 Å². The Morgan fingerprint density at radius 2 is 1.93 bits per heavy atom. The van der Waals surface area contributed by atoms with Crippen LogP contribution in [0.2, 0.25) is 0 Å². The molecule has 1 aromatic carbocycles. The van der Waals surface area contributed by atoms with E-state index in [9.17, 15) is 13.2 Å². The molecule has 0 spiro atoms. The highest BCUT2D eigenvalue weighted by Gasteiger charge is 2.34. The molecule has 0 unspecified atom stereocenters. The Labute approximate surface area is 165 Å². The quantitative estimate of drug-likeness (QED) is 0.797. The summed E-state index contributed by atoms with van der Waals surface area (Å²) in [4.78, 5) is 12.5. The molecule has 3 rings (SSSR count). The molecule has 1 amide bonds. The lowest BCUT2D eigenvalue weighted by molar-refractivity contribution is -0.126. The molecule has 2 aromatic rings. The van der Waals surface area contributed by atoms with E-state index in [2.05, 4.69) is 5.32 Å². The van der Waals surface area contributed by atoms with Crippen LogP contribution in [-0.2, 0) is 21.4 Å². The predicted octanol–water partition coefficient (Wildman–Crippen LogP) is 2.62. The molecule has 0 aliphatic carbocycles. The van der Waals surface area contributed by atoms with Crippen molar-refractivity contribution in [2.24, 2.45) is 5.92 Å². The van der Waals surface area contributed by atoms with Gasteiger partial charge in [0.05, 0.1) is 19.9 Å². The van der Waals surface area contributed by atoms with E-state index in [4.69, 9.17) is 9.15 Å². The maximum Gasteiger partial charge on any atom is 0.246 e. The molecular formula is C20H26N2O5S. The Kier molecular flexibility index (Phi) is 6.10. The van der Waals surface area contributed by atoms with Crippen molar-refractivity contribution in [2.75, 3.05) is 20.2 Å². The smallest absolute Gasteiger partial charge is 0.246 e. The van der Waals surface area contributed by atoms with E-state index in [1.54, 1.807) is 30.5 Å². The van der Waals surface area contributed by atoms with Crippen molar-refractivity contribution in [1.29, 1.82) is 0 Å². The lowest BCUT2D eigenvalue weighted by atomic mass is 9.97. The third-order valence-corrected chi connectivity index (χ3v) is 7.16. The van der Waals surface area contributed by atoms with Crippen LogP contribution in [0.1, 0.15) is 29.7 Å². The van der Waals surface area contributed by atoms with Gasteiger partial charge in [-0.05, 0) is 62.1 Å². The summed E-state index contributed by atoms with van der Waals surface area (Å²) >= 11 is 0. The molecule has 1 fully saturated rings. The Balaban J connectivity index is 1.65. The number of carbonyl (C=O) groups excluding carboxylic acids is 1. The second-order valence-corrected chi connectivity index (χ2v) is 8.97. The number of carbonyl (C=O) groups is 1. The molecule has 2 heterocycles. The third kappa shape index (κ3) is 4.23. The van der Waals surface area contributed by atoms with Gasteiger partial charge in [0, 0.05) is 19.0 Å². The number of nitrogens with one attached hydrogen (secondary N) is 1. The Morgan fingerprint density at radius 1 is 1.25 bits per heavy atom. The molecule has 8 heteroatoms. The van der Waals surface area contributed by atoms with Gasteiger partial charge in [0.15, 0.2) is 0 Å². The molecule has 0 bridgehead atoms. The van der Waals surface area contributed by atoms with E-state index < -0.39 is 10.0 Å². The first-order valence-electron chi connectivity index (χ1n) is 9.28. The monoisotopic (exact) mass is 406 g/mol. The Bertz CT molecular complexity index is 930. The number of ether oxygens (including phenoxy) is 1. The van der Waals surface area contributed by atoms with Gasteiger partial charge >= 0.3 is 0 Å². The summed E-state index contributed by atoms with van der Waals surface area (Å²) in [7, 11) is -2.21. The highest BCUT2D eigenvalue weighted by Crippen LogP contribution is 2.32. The van der Waals surface area contributed by atoms with E-state index in [1.807, 2.05) is 13.8 Å². The van der Waals surface area contributed by atoms with Gasteiger partial charge in [-0.2, -0.15) is 4.31 Å². The topological polar surface area (TPSA) is 88.9 Å². The van der Waals surface area contributed by atoms with Crippen LogP contribution in [0.3, 0.4) is 0 Å². The number of benzene rings is 1. The van der Waals surface area contributed by atoms with Crippen molar-refractivity contribution < 1.29 is 22.4 Å². The van der Waals surface area contributed by atoms with Crippen molar-refractivity contribution in [2.45, 2.75) is 38.1 Å². The van der Waals surface area contributed by atoms with Gasteiger partial charge in [-0.15, -0.1) is 0 Å². The molecule has 1 aliphatic heterocycles. The highest BCUT2D eigenvalue weighted by molar-refractivity contribution is 7.89. The maximum absolute atomic E-state index is 13.1. The summed E-state index contributed by atoms with van der Waals surface area (Å²) in [6.45, 7) is 4.74. The van der Waals surface area contributed by atoms with Crippen molar-refractivity contribution in [3.05, 3.63) is 47.4 Å². The van der Waals surface area contributed by atoms with Crippen LogP contribution in [0.4, 0.5) is 0 Å². The van der Waals surface area contributed by atoms with Crippen LogP contribution in [0.25, 0.3) is 0 Å². The summed E-state index contributed by atoms with van der Waals surface area (Å²) < 4.78 is 38.2. The molecule has 1 aliphatic rings. The number of rotatable bonds is 6. The van der Waals surface area contributed by atoms with Crippen LogP contribution in [0.5, 0.6) is 5.75 Å². The lowest BCUT2D eigenvalue weighted by Gasteiger charge is -2.31. The fourth-order valence-corrected chi connectivity index (χ4v) is 5.05. The van der Waals surface area contributed by atoms with Gasteiger partial charge in [-0.25, -0.2) is 8.42 Å². The van der Waals surface area contributed by atoms with Gasteiger partial charge in [0.1, 0.15) is 16.4 Å². The van der Waals surface area contributed by atoms with Gasteiger partial charge < -0.3 is 14.5 Å². The summed E-state index contributed by atoms with van der Waals surface area (Å²) in [5.74, 6) is 0.761. The standard InChI is InChI=1S/C20H26N2O5S/c1-14-11-18(26-3)19(12-15(14)2)28(24,25)22-8-6-16(7-9-22)20(23)21-13-17-5-4-10-27-17/h4-5,10-12,16H,6-9,13H2,1-3H3,(H,21,23). The van der Waals surface area contributed by atoms with E-state index in [-0.39, 0.29) is 16.7 Å². The minimum atomic E-state index is -3.68. The second kappa shape index (κ2) is 8.36. The molecule has 0 radical (unpaired) electrons. The number of amides is 1. The van der Waals surface area contributed by atoms with Gasteiger partial charge in [-0.3, -0.25) is 4.79 Å². The summed E-state index contributed by atoms with van der Waals surface area (Å²) in [5.41, 5.74) is 1.87. The van der Waals surface area contributed by atoms with Gasteiger partial charge in [-0.1, -0.05) is 0 Å². The number of hydrogen-bond acceptors (Lipinski definition) is 5. The molecule has 1 saturated heterocycles. The van der Waals surface area contributed by atoms with Gasteiger partial charge in [0.2, 0.25) is 15.9 Å². The number of aryl methyl sites for hydroxylation is 2. The first-order valence-corrected chi connectivity index (χ1v) is 10.7. The molecule has 0 saturated carbocycles. The largest absolute Gasteiger partial charge is 0.495 e. The molecule has 7 nitrogen and oxygen atoms in total. The zero-order chi connectivity index (χ0) is 20.3. The summed E-state index contributed by atoms with van der Waals surface area (Å²) in [5, 5.41) is 2.85. The van der Waals surface area contributed by atoms with Crippen LogP contribution in [0, 0.1) is 19.8 Å². The summed E-state index contributed by atoms with van der Waals surface area (Å²) in [6, 6.07) is 6.97. The van der Waals surface area contributed by atoms with Crippen molar-refractivity contribution in [3.8, 4) is 5.75 Å². The fourth-order valence-electron chi connectivity index (χ4n) is 3.35. The zero-order valence-electron chi connectivity index (χ0n) is 16.4.